The van der Waals surface area contributed by atoms with E-state index in [4.69, 9.17) is 9.47 Å². The van der Waals surface area contributed by atoms with Crippen LogP contribution in [0.15, 0.2) is 29.6 Å². The van der Waals surface area contributed by atoms with Crippen LogP contribution in [-0.4, -0.2) is 24.7 Å². The number of nitrogens with one attached hydrogen (secondary N) is 2. The molecule has 0 saturated heterocycles. The van der Waals surface area contributed by atoms with E-state index in [1.807, 2.05) is 50.4 Å². The molecule has 0 radical (unpaired) electrons. The Balaban J connectivity index is 1.68. The van der Waals surface area contributed by atoms with E-state index in [1.54, 1.807) is 11.3 Å². The molecule has 0 aliphatic carbocycles. The first-order valence-corrected chi connectivity index (χ1v) is 9.47. The van der Waals surface area contributed by atoms with E-state index < -0.39 is 0 Å². The van der Waals surface area contributed by atoms with E-state index >= 15 is 0 Å². The van der Waals surface area contributed by atoms with Crippen LogP contribution in [0, 0.1) is 0 Å². The Morgan fingerprint density at radius 1 is 1.48 bits per heavy atom. The lowest BCUT2D eigenvalue weighted by Gasteiger charge is -2.19. The summed E-state index contributed by atoms with van der Waals surface area (Å²) >= 11 is 1.63. The maximum Gasteiger partial charge on any atom is 0.242 e. The van der Waals surface area contributed by atoms with Crippen molar-refractivity contribution in [3.8, 4) is 11.5 Å². The monoisotopic (exact) mass is 360 g/mol. The summed E-state index contributed by atoms with van der Waals surface area (Å²) < 4.78 is 11.6. The van der Waals surface area contributed by atoms with Crippen LogP contribution in [0.4, 0.5) is 5.69 Å². The molecule has 6 heteroatoms. The minimum atomic E-state index is -0.379. The number of carbonyl (C=O) groups excluding carboxylic acids is 1. The number of benzene rings is 1. The molecule has 0 fully saturated rings. The van der Waals surface area contributed by atoms with Crippen molar-refractivity contribution in [2.24, 2.45) is 0 Å². The number of thiophene rings is 1. The Morgan fingerprint density at radius 3 is 3.04 bits per heavy atom. The predicted octanol–water partition coefficient (Wildman–Crippen LogP) is 3.59. The lowest BCUT2D eigenvalue weighted by Crippen LogP contribution is -2.37. The molecule has 0 unspecified atom stereocenters. The Bertz CT molecular complexity index is 731. The number of rotatable bonds is 7. The highest BCUT2D eigenvalue weighted by Crippen LogP contribution is 2.38. The van der Waals surface area contributed by atoms with Gasteiger partial charge in [0, 0.05) is 22.9 Å². The Hall–Kier alpha value is -2.21. The molecule has 1 amide bonds. The predicted molar refractivity (Wildman–Crippen MR) is 101 cm³/mol. The van der Waals surface area contributed by atoms with E-state index in [2.05, 4.69) is 10.6 Å². The summed E-state index contributed by atoms with van der Waals surface area (Å²) in [5, 5.41) is 8.21. The number of fused-ring (bicyclic) bond motifs is 1. The molecule has 3 rings (SSSR count). The fourth-order valence-electron chi connectivity index (χ4n) is 2.87. The molecule has 5 nitrogen and oxygen atoms in total. The van der Waals surface area contributed by atoms with Crippen molar-refractivity contribution >= 4 is 22.9 Å². The maximum atomic E-state index is 12.4. The summed E-state index contributed by atoms with van der Waals surface area (Å²) in [6, 6.07) is 7.56. The number of hydrogen-bond acceptors (Lipinski definition) is 5. The van der Waals surface area contributed by atoms with Crippen molar-refractivity contribution in [1.29, 1.82) is 0 Å². The van der Waals surface area contributed by atoms with Crippen molar-refractivity contribution in [2.75, 3.05) is 11.9 Å². The number of carbonyl (C=O) groups is 1. The number of anilines is 1. The second-order valence-electron chi connectivity index (χ2n) is 6.18. The van der Waals surface area contributed by atoms with Gasteiger partial charge in [-0.05, 0) is 38.3 Å². The van der Waals surface area contributed by atoms with Crippen LogP contribution in [0.2, 0.25) is 0 Å². The summed E-state index contributed by atoms with van der Waals surface area (Å²) in [6.45, 7) is 6.96. The Kier molecular flexibility index (Phi) is 5.48. The largest absolute Gasteiger partial charge is 0.492 e. The molecule has 1 aromatic carbocycles. The Labute approximate surface area is 152 Å². The molecule has 134 valence electrons. The van der Waals surface area contributed by atoms with Gasteiger partial charge in [0.05, 0.1) is 18.8 Å². The normalized spacial score (nSPS) is 16.7. The van der Waals surface area contributed by atoms with Crippen LogP contribution in [0.3, 0.4) is 0 Å². The van der Waals surface area contributed by atoms with E-state index in [0.29, 0.717) is 13.2 Å². The van der Waals surface area contributed by atoms with Gasteiger partial charge in [0.1, 0.15) is 23.6 Å². The number of ether oxygens (including phenoxy) is 2. The average molecular weight is 360 g/mol. The van der Waals surface area contributed by atoms with Crippen LogP contribution >= 0.6 is 11.3 Å². The van der Waals surface area contributed by atoms with Crippen molar-refractivity contribution in [1.82, 2.24) is 5.32 Å². The molecule has 0 bridgehead atoms. The molecule has 2 N–H and O–H groups in total. The van der Waals surface area contributed by atoms with E-state index in [9.17, 15) is 4.79 Å². The second kappa shape index (κ2) is 7.78. The van der Waals surface area contributed by atoms with Gasteiger partial charge in [0.25, 0.3) is 0 Å². The summed E-state index contributed by atoms with van der Waals surface area (Å²) in [7, 11) is 0. The van der Waals surface area contributed by atoms with Crippen LogP contribution in [-0.2, 0) is 17.8 Å². The molecule has 1 aromatic heterocycles. The first kappa shape index (κ1) is 17.6. The van der Waals surface area contributed by atoms with Gasteiger partial charge in [0.15, 0.2) is 0 Å². The smallest absolute Gasteiger partial charge is 0.242 e. The van der Waals surface area contributed by atoms with Crippen LogP contribution in [0.5, 0.6) is 11.5 Å². The quantitative estimate of drug-likeness (QED) is 0.792. The lowest BCUT2D eigenvalue weighted by molar-refractivity contribution is -0.121. The standard InChI is InChI=1S/C19H24N2O3S/c1-4-23-18-9-14-8-12(2)24-17(14)10-16(18)21-13(3)19(22)20-11-15-6-5-7-25-15/h5-7,9-10,12-13,21H,4,8,11H2,1-3H3,(H,20,22)/t12-,13-/m0/s1. The van der Waals surface area contributed by atoms with Crippen molar-refractivity contribution in [2.45, 2.75) is 45.9 Å². The zero-order valence-corrected chi connectivity index (χ0v) is 15.6. The zero-order chi connectivity index (χ0) is 17.8. The van der Waals surface area contributed by atoms with Crippen molar-refractivity contribution in [3.63, 3.8) is 0 Å². The third-order valence-electron chi connectivity index (χ3n) is 4.08. The maximum absolute atomic E-state index is 12.4. The SMILES string of the molecule is CCOc1cc2c(cc1N[C@@H](C)C(=O)NCc1cccs1)O[C@@H](C)C2. The highest BCUT2D eigenvalue weighted by atomic mass is 32.1. The first-order valence-electron chi connectivity index (χ1n) is 8.59. The molecule has 2 aromatic rings. The summed E-state index contributed by atoms with van der Waals surface area (Å²) in [5.41, 5.74) is 1.93. The number of amides is 1. The average Bonchev–Trinajstić information content (AvgIpc) is 3.21. The first-order chi connectivity index (χ1) is 12.1. The van der Waals surface area contributed by atoms with Gasteiger partial charge in [-0.1, -0.05) is 6.07 Å². The topological polar surface area (TPSA) is 59.6 Å². The summed E-state index contributed by atoms with van der Waals surface area (Å²) in [5.74, 6) is 1.58. The van der Waals surface area contributed by atoms with Gasteiger partial charge in [-0.3, -0.25) is 4.79 Å². The van der Waals surface area contributed by atoms with Gasteiger partial charge in [0.2, 0.25) is 5.91 Å². The van der Waals surface area contributed by atoms with Gasteiger partial charge in [-0.25, -0.2) is 0 Å². The van der Waals surface area contributed by atoms with Gasteiger partial charge in [-0.15, -0.1) is 11.3 Å². The highest BCUT2D eigenvalue weighted by Gasteiger charge is 2.23. The van der Waals surface area contributed by atoms with Crippen LogP contribution in [0.1, 0.15) is 31.2 Å². The van der Waals surface area contributed by atoms with Gasteiger partial charge in [-0.2, -0.15) is 0 Å². The molecular weight excluding hydrogens is 336 g/mol. The summed E-state index contributed by atoms with van der Waals surface area (Å²) in [4.78, 5) is 13.5. The molecule has 1 aliphatic rings. The minimum Gasteiger partial charge on any atom is -0.492 e. The number of hydrogen-bond donors (Lipinski definition) is 2. The lowest BCUT2D eigenvalue weighted by atomic mass is 10.1. The molecule has 0 spiro atoms. The highest BCUT2D eigenvalue weighted by molar-refractivity contribution is 7.09. The molecule has 2 atom stereocenters. The third kappa shape index (κ3) is 4.25. The zero-order valence-electron chi connectivity index (χ0n) is 14.8. The molecule has 0 saturated carbocycles. The molecular formula is C19H24N2O3S. The fourth-order valence-corrected chi connectivity index (χ4v) is 3.51. The Morgan fingerprint density at radius 2 is 2.32 bits per heavy atom. The molecule has 25 heavy (non-hydrogen) atoms. The van der Waals surface area contributed by atoms with Crippen molar-refractivity contribution < 1.29 is 14.3 Å². The van der Waals surface area contributed by atoms with E-state index in [0.717, 1.165) is 34.0 Å². The van der Waals surface area contributed by atoms with Crippen molar-refractivity contribution in [3.05, 3.63) is 40.1 Å². The van der Waals surface area contributed by atoms with Gasteiger partial charge >= 0.3 is 0 Å². The van der Waals surface area contributed by atoms with E-state index in [-0.39, 0.29) is 18.1 Å². The second-order valence-corrected chi connectivity index (χ2v) is 7.22. The fraction of sp³-hybridized carbons (Fsp3) is 0.421. The van der Waals surface area contributed by atoms with Gasteiger partial charge < -0.3 is 20.1 Å². The third-order valence-corrected chi connectivity index (χ3v) is 4.96. The van der Waals surface area contributed by atoms with E-state index in [1.165, 1.54) is 0 Å². The molecule has 2 heterocycles. The van der Waals surface area contributed by atoms with Crippen LogP contribution < -0.4 is 20.1 Å². The molecule has 1 aliphatic heterocycles. The minimum absolute atomic E-state index is 0.0503. The summed E-state index contributed by atoms with van der Waals surface area (Å²) in [6.07, 6.45) is 1.05. The van der Waals surface area contributed by atoms with Crippen LogP contribution in [0.25, 0.3) is 0 Å².